The van der Waals surface area contributed by atoms with Gasteiger partial charge in [-0.05, 0) is 11.1 Å². The largest absolute Gasteiger partial charge is 0.481 e. The number of thioether (sulfide) groups is 1. The molecule has 1 aliphatic heterocycles. The van der Waals surface area contributed by atoms with Crippen LogP contribution in [0.15, 0.2) is 24.3 Å². The summed E-state index contributed by atoms with van der Waals surface area (Å²) in [5, 5.41) is 8.90. The third-order valence-electron chi connectivity index (χ3n) is 3.39. The van der Waals surface area contributed by atoms with Crippen LogP contribution in [0.1, 0.15) is 37.3 Å². The van der Waals surface area contributed by atoms with E-state index in [1.54, 1.807) is 0 Å². The van der Waals surface area contributed by atoms with Crippen molar-refractivity contribution < 1.29 is 9.90 Å². The molecule has 2 rings (SSSR count). The summed E-state index contributed by atoms with van der Waals surface area (Å²) in [7, 11) is 0. The molecule has 1 N–H and O–H groups in total. The molecule has 1 heterocycles. The molecule has 0 amide bonds. The molecule has 1 saturated heterocycles. The lowest BCUT2D eigenvalue weighted by atomic mass is 9.81. The predicted octanol–water partition coefficient (Wildman–Crippen LogP) is 3.27. The average molecular weight is 250 g/mol. The average Bonchev–Trinajstić information content (AvgIpc) is 2.13. The molecule has 17 heavy (non-hydrogen) atoms. The second kappa shape index (κ2) is 4.73. The number of benzene rings is 1. The van der Waals surface area contributed by atoms with Gasteiger partial charge in [0.2, 0.25) is 0 Å². The molecule has 0 bridgehead atoms. The zero-order valence-corrected chi connectivity index (χ0v) is 11.1. The van der Waals surface area contributed by atoms with Crippen molar-refractivity contribution in [3.63, 3.8) is 0 Å². The minimum absolute atomic E-state index is 0.172. The van der Waals surface area contributed by atoms with Crippen LogP contribution in [0.5, 0.6) is 0 Å². The molecule has 0 aliphatic carbocycles. The molecule has 0 spiro atoms. The second-order valence-electron chi connectivity index (χ2n) is 5.31. The van der Waals surface area contributed by atoms with Crippen molar-refractivity contribution in [2.24, 2.45) is 0 Å². The molecule has 1 aromatic rings. The van der Waals surface area contributed by atoms with Gasteiger partial charge < -0.3 is 5.11 Å². The highest BCUT2D eigenvalue weighted by molar-refractivity contribution is 8.00. The zero-order valence-electron chi connectivity index (χ0n) is 10.3. The summed E-state index contributed by atoms with van der Waals surface area (Å²) in [4.78, 5) is 10.8. The Balaban J connectivity index is 2.13. The summed E-state index contributed by atoms with van der Waals surface area (Å²) in [6.07, 6.45) is 0.172. The van der Waals surface area contributed by atoms with Crippen molar-refractivity contribution in [3.8, 4) is 0 Å². The number of hydrogen-bond donors (Lipinski definition) is 1. The standard InChI is InChI=1S/C14H18O2S/c1-14(2,7-13(15)16)12-5-3-10(4-6-12)11-8-17-9-11/h3-6,11H,7-9H2,1-2H3,(H,15,16). The normalized spacial score (nSPS) is 16.6. The highest BCUT2D eigenvalue weighted by atomic mass is 32.2. The fraction of sp³-hybridized carbons (Fsp3) is 0.500. The number of aliphatic carboxylic acids is 1. The van der Waals surface area contributed by atoms with E-state index in [0.717, 1.165) is 5.56 Å². The number of rotatable bonds is 4. The minimum Gasteiger partial charge on any atom is -0.481 e. The highest BCUT2D eigenvalue weighted by Crippen LogP contribution is 2.35. The van der Waals surface area contributed by atoms with Gasteiger partial charge in [-0.3, -0.25) is 4.79 Å². The van der Waals surface area contributed by atoms with Gasteiger partial charge in [0.05, 0.1) is 6.42 Å². The van der Waals surface area contributed by atoms with E-state index in [0.29, 0.717) is 5.92 Å². The molecule has 1 aromatic carbocycles. The van der Waals surface area contributed by atoms with Crippen molar-refractivity contribution in [1.82, 2.24) is 0 Å². The molecule has 1 aliphatic rings. The molecule has 0 saturated carbocycles. The van der Waals surface area contributed by atoms with E-state index in [1.807, 2.05) is 25.6 Å². The fourth-order valence-electron chi connectivity index (χ4n) is 2.11. The summed E-state index contributed by atoms with van der Waals surface area (Å²) in [6, 6.07) is 8.48. The lowest BCUT2D eigenvalue weighted by Crippen LogP contribution is -2.22. The van der Waals surface area contributed by atoms with Crippen molar-refractivity contribution in [1.29, 1.82) is 0 Å². The molecule has 92 valence electrons. The Morgan fingerprint density at radius 1 is 1.35 bits per heavy atom. The molecular weight excluding hydrogens is 232 g/mol. The molecule has 0 atom stereocenters. The van der Waals surface area contributed by atoms with E-state index >= 15 is 0 Å². The number of hydrogen-bond acceptors (Lipinski definition) is 2. The van der Waals surface area contributed by atoms with E-state index in [-0.39, 0.29) is 11.8 Å². The SMILES string of the molecule is CC(C)(CC(=O)O)c1ccc(C2CSC2)cc1. The van der Waals surface area contributed by atoms with Gasteiger partial charge in [-0.15, -0.1) is 0 Å². The van der Waals surface area contributed by atoms with Crippen LogP contribution in [0, 0.1) is 0 Å². The minimum atomic E-state index is -0.741. The second-order valence-corrected chi connectivity index (χ2v) is 6.39. The quantitative estimate of drug-likeness (QED) is 0.891. The monoisotopic (exact) mass is 250 g/mol. The first-order valence-corrected chi connectivity index (χ1v) is 7.04. The van der Waals surface area contributed by atoms with Gasteiger partial charge in [0.15, 0.2) is 0 Å². The van der Waals surface area contributed by atoms with Crippen LogP contribution in [-0.4, -0.2) is 22.6 Å². The van der Waals surface area contributed by atoms with Gasteiger partial charge >= 0.3 is 5.97 Å². The van der Waals surface area contributed by atoms with Crippen molar-refractivity contribution in [3.05, 3.63) is 35.4 Å². The summed E-state index contributed by atoms with van der Waals surface area (Å²) in [5.41, 5.74) is 2.20. The van der Waals surface area contributed by atoms with Crippen LogP contribution >= 0.6 is 11.8 Å². The Bertz CT molecular complexity index is 405. The summed E-state index contributed by atoms with van der Waals surface area (Å²) in [5.74, 6) is 2.40. The fourth-order valence-corrected chi connectivity index (χ4v) is 2.97. The predicted molar refractivity (Wildman–Crippen MR) is 71.8 cm³/mol. The van der Waals surface area contributed by atoms with Crippen LogP contribution in [0.4, 0.5) is 0 Å². The molecule has 3 heteroatoms. The molecular formula is C14H18O2S. The van der Waals surface area contributed by atoms with Crippen LogP contribution in [-0.2, 0) is 10.2 Å². The van der Waals surface area contributed by atoms with Crippen LogP contribution in [0.2, 0.25) is 0 Å². The van der Waals surface area contributed by atoms with Crippen molar-refractivity contribution >= 4 is 17.7 Å². The Hall–Kier alpha value is -0.960. The van der Waals surface area contributed by atoms with E-state index in [1.165, 1.54) is 17.1 Å². The molecule has 0 aromatic heterocycles. The molecule has 0 unspecified atom stereocenters. The first-order chi connectivity index (χ1) is 7.99. The molecule has 1 fully saturated rings. The lowest BCUT2D eigenvalue weighted by molar-refractivity contribution is -0.138. The Morgan fingerprint density at radius 2 is 1.94 bits per heavy atom. The van der Waals surface area contributed by atoms with Crippen LogP contribution in [0.25, 0.3) is 0 Å². The Morgan fingerprint density at radius 3 is 2.35 bits per heavy atom. The maximum atomic E-state index is 10.8. The molecule has 2 nitrogen and oxygen atoms in total. The Labute approximate surface area is 106 Å². The third kappa shape index (κ3) is 2.83. The van der Waals surface area contributed by atoms with Gasteiger partial charge in [0.25, 0.3) is 0 Å². The number of carboxylic acids is 1. The summed E-state index contributed by atoms with van der Waals surface area (Å²) >= 11 is 1.98. The summed E-state index contributed by atoms with van der Waals surface area (Å²) < 4.78 is 0. The van der Waals surface area contributed by atoms with Gasteiger partial charge in [-0.2, -0.15) is 11.8 Å². The van der Waals surface area contributed by atoms with Gasteiger partial charge in [0.1, 0.15) is 0 Å². The highest BCUT2D eigenvalue weighted by Gasteiger charge is 2.25. The maximum absolute atomic E-state index is 10.8. The topological polar surface area (TPSA) is 37.3 Å². The lowest BCUT2D eigenvalue weighted by Gasteiger charge is -2.27. The van der Waals surface area contributed by atoms with Gasteiger partial charge in [0, 0.05) is 22.8 Å². The number of carbonyl (C=O) groups is 1. The smallest absolute Gasteiger partial charge is 0.304 e. The maximum Gasteiger partial charge on any atom is 0.304 e. The van der Waals surface area contributed by atoms with Crippen LogP contribution in [0.3, 0.4) is 0 Å². The number of carboxylic acid groups (broad SMARTS) is 1. The van der Waals surface area contributed by atoms with E-state index in [9.17, 15) is 4.79 Å². The first-order valence-electron chi connectivity index (χ1n) is 5.89. The Kier molecular flexibility index (Phi) is 3.48. The molecule has 0 radical (unpaired) electrons. The van der Waals surface area contributed by atoms with E-state index < -0.39 is 5.97 Å². The van der Waals surface area contributed by atoms with Gasteiger partial charge in [-0.25, -0.2) is 0 Å². The van der Waals surface area contributed by atoms with Crippen molar-refractivity contribution in [2.45, 2.75) is 31.6 Å². The zero-order chi connectivity index (χ0) is 12.5. The van der Waals surface area contributed by atoms with E-state index in [4.69, 9.17) is 5.11 Å². The first kappa shape index (κ1) is 12.5. The van der Waals surface area contributed by atoms with Gasteiger partial charge in [-0.1, -0.05) is 38.1 Å². The van der Waals surface area contributed by atoms with Crippen molar-refractivity contribution in [2.75, 3.05) is 11.5 Å². The summed E-state index contributed by atoms with van der Waals surface area (Å²) in [6.45, 7) is 3.96. The van der Waals surface area contributed by atoms with Crippen LogP contribution < -0.4 is 0 Å². The third-order valence-corrected chi connectivity index (χ3v) is 4.67. The van der Waals surface area contributed by atoms with E-state index in [2.05, 4.69) is 24.3 Å².